The molecule has 2 atom stereocenters. The smallest absolute Gasteiger partial charge is 0.224 e. The largest absolute Gasteiger partial charge is 0.351 e. The van der Waals surface area contributed by atoms with Crippen LogP contribution in [0.3, 0.4) is 0 Å². The van der Waals surface area contributed by atoms with Crippen molar-refractivity contribution >= 4 is 50.1 Å². The van der Waals surface area contributed by atoms with E-state index < -0.39 is 0 Å². The molecule has 0 aliphatic heterocycles. The number of fused-ring (bicyclic) bond motifs is 2. The summed E-state index contributed by atoms with van der Waals surface area (Å²) in [6.45, 7) is 0. The number of halogens is 1. The Morgan fingerprint density at radius 1 is 1.21 bits per heavy atom. The Kier molecular flexibility index (Phi) is 4.27. The molecule has 0 amide bonds. The summed E-state index contributed by atoms with van der Waals surface area (Å²) in [5.41, 5.74) is 2.56. The van der Waals surface area contributed by atoms with Crippen molar-refractivity contribution in [1.82, 2.24) is 24.7 Å². The van der Waals surface area contributed by atoms with Gasteiger partial charge in [0.25, 0.3) is 0 Å². The van der Waals surface area contributed by atoms with E-state index in [1.54, 1.807) is 12.4 Å². The fourth-order valence-corrected chi connectivity index (χ4v) is 4.21. The molecule has 7 nitrogen and oxygen atoms in total. The highest BCUT2D eigenvalue weighted by molar-refractivity contribution is 9.10. The van der Waals surface area contributed by atoms with Crippen molar-refractivity contribution in [2.24, 2.45) is 5.92 Å². The predicted octanol–water partition coefficient (Wildman–Crippen LogP) is 3.91. The van der Waals surface area contributed by atoms with Crippen molar-refractivity contribution in [2.45, 2.75) is 25.3 Å². The van der Waals surface area contributed by atoms with Gasteiger partial charge in [0.2, 0.25) is 5.95 Å². The average molecular weight is 437 g/mol. The summed E-state index contributed by atoms with van der Waals surface area (Å²) in [6.07, 6.45) is 7.29. The molecule has 0 bridgehead atoms. The Hall–Kier alpha value is -2.87. The first-order valence-electron chi connectivity index (χ1n) is 9.19. The van der Waals surface area contributed by atoms with Crippen molar-refractivity contribution < 1.29 is 4.79 Å². The number of rotatable bonds is 4. The van der Waals surface area contributed by atoms with Crippen LogP contribution in [-0.4, -0.2) is 37.1 Å². The van der Waals surface area contributed by atoms with E-state index in [2.05, 4.69) is 36.3 Å². The molecular formula is C20H17BrN6O. The molecular weight excluding hydrogens is 420 g/mol. The second kappa shape index (κ2) is 6.94. The summed E-state index contributed by atoms with van der Waals surface area (Å²) >= 11 is 3.51. The van der Waals surface area contributed by atoms with Gasteiger partial charge in [-0.05, 0) is 59.5 Å². The van der Waals surface area contributed by atoms with E-state index in [0.717, 1.165) is 53.2 Å². The number of hydrogen-bond donors (Lipinski definition) is 1. The lowest BCUT2D eigenvalue weighted by atomic mass is 10.1. The average Bonchev–Trinajstić information content (AvgIpc) is 3.32. The number of nitrogens with zero attached hydrogens (tertiary/aromatic N) is 5. The lowest BCUT2D eigenvalue weighted by Gasteiger charge is -2.12. The zero-order valence-electron chi connectivity index (χ0n) is 14.9. The Morgan fingerprint density at radius 3 is 3.00 bits per heavy atom. The van der Waals surface area contributed by atoms with Gasteiger partial charge in [0.05, 0.1) is 16.6 Å². The number of anilines is 1. The first-order valence-corrected chi connectivity index (χ1v) is 9.99. The highest BCUT2D eigenvalue weighted by atomic mass is 79.9. The minimum atomic E-state index is 0.132. The first kappa shape index (κ1) is 17.2. The standard InChI is InChI=1S/C20H17BrN6O/c21-18-16-10-23-20(24-14-4-3-12(8-14)11-28)25-19(16)27(26-18)15-5-6-17-13(9-15)2-1-7-22-17/h1-2,5-7,9-12,14H,3-4,8H2,(H,23,24,25)/t12-,14-/m1/s1. The SMILES string of the molecule is O=C[C@@H]1CC[C@@H](Nc2ncc3c(Br)nn(-c4ccc5ncccc5c4)c3n2)C1. The lowest BCUT2D eigenvalue weighted by Crippen LogP contribution is -2.17. The van der Waals surface area contributed by atoms with Crippen molar-refractivity contribution in [3.8, 4) is 5.69 Å². The number of aldehydes is 1. The van der Waals surface area contributed by atoms with E-state index in [-0.39, 0.29) is 12.0 Å². The van der Waals surface area contributed by atoms with Gasteiger partial charge in [-0.3, -0.25) is 4.98 Å². The fraction of sp³-hybridized carbons (Fsp3) is 0.250. The number of carbonyl (C=O) groups excluding carboxylic acids is 1. The van der Waals surface area contributed by atoms with Crippen LogP contribution in [0.1, 0.15) is 19.3 Å². The van der Waals surface area contributed by atoms with E-state index in [1.165, 1.54) is 0 Å². The minimum Gasteiger partial charge on any atom is -0.351 e. The third kappa shape index (κ3) is 3.03. The van der Waals surface area contributed by atoms with Crippen LogP contribution in [0.15, 0.2) is 47.3 Å². The number of carbonyl (C=O) groups is 1. The van der Waals surface area contributed by atoms with Crippen LogP contribution < -0.4 is 5.32 Å². The molecule has 140 valence electrons. The molecule has 1 saturated carbocycles. The molecule has 4 aromatic rings. The van der Waals surface area contributed by atoms with Gasteiger partial charge in [0, 0.05) is 29.7 Å². The Labute approximate surface area is 169 Å². The van der Waals surface area contributed by atoms with Crippen LogP contribution in [0.2, 0.25) is 0 Å². The van der Waals surface area contributed by atoms with E-state index in [1.807, 2.05) is 35.0 Å². The molecule has 28 heavy (non-hydrogen) atoms. The van der Waals surface area contributed by atoms with Crippen LogP contribution in [0, 0.1) is 5.92 Å². The molecule has 1 fully saturated rings. The van der Waals surface area contributed by atoms with Crippen molar-refractivity contribution in [3.63, 3.8) is 0 Å². The number of nitrogens with one attached hydrogen (secondary N) is 1. The van der Waals surface area contributed by atoms with E-state index in [9.17, 15) is 4.79 Å². The van der Waals surface area contributed by atoms with Crippen LogP contribution in [0.4, 0.5) is 5.95 Å². The second-order valence-corrected chi connectivity index (χ2v) is 7.82. The van der Waals surface area contributed by atoms with Crippen LogP contribution in [0.25, 0.3) is 27.6 Å². The minimum absolute atomic E-state index is 0.132. The maximum Gasteiger partial charge on any atom is 0.224 e. The number of hydrogen-bond acceptors (Lipinski definition) is 6. The van der Waals surface area contributed by atoms with Crippen LogP contribution >= 0.6 is 15.9 Å². The molecule has 0 spiro atoms. The molecule has 0 unspecified atom stereocenters. The van der Waals surface area contributed by atoms with E-state index in [4.69, 9.17) is 4.98 Å². The molecule has 1 N–H and O–H groups in total. The summed E-state index contributed by atoms with van der Waals surface area (Å²) in [4.78, 5) is 24.5. The zero-order valence-corrected chi connectivity index (χ0v) is 16.5. The normalized spacial score (nSPS) is 19.3. The molecule has 1 aromatic carbocycles. The van der Waals surface area contributed by atoms with Gasteiger partial charge >= 0.3 is 0 Å². The second-order valence-electron chi connectivity index (χ2n) is 7.06. The van der Waals surface area contributed by atoms with Crippen molar-refractivity contribution in [3.05, 3.63) is 47.3 Å². The van der Waals surface area contributed by atoms with Gasteiger partial charge < -0.3 is 10.1 Å². The number of benzene rings is 1. The Bertz CT molecular complexity index is 1190. The molecule has 8 heteroatoms. The van der Waals surface area contributed by atoms with Gasteiger partial charge in [-0.15, -0.1) is 0 Å². The maximum absolute atomic E-state index is 11.0. The van der Waals surface area contributed by atoms with Gasteiger partial charge in [-0.1, -0.05) is 6.07 Å². The Balaban J connectivity index is 1.54. The Morgan fingerprint density at radius 2 is 2.14 bits per heavy atom. The van der Waals surface area contributed by atoms with Crippen LogP contribution in [-0.2, 0) is 4.79 Å². The third-order valence-electron chi connectivity index (χ3n) is 5.21. The molecule has 1 aliphatic rings. The summed E-state index contributed by atoms with van der Waals surface area (Å²) in [6, 6.07) is 10.2. The first-order chi connectivity index (χ1) is 13.7. The lowest BCUT2D eigenvalue weighted by molar-refractivity contribution is -0.110. The summed E-state index contributed by atoms with van der Waals surface area (Å²) in [5, 5.41) is 9.85. The van der Waals surface area contributed by atoms with Crippen molar-refractivity contribution in [1.29, 1.82) is 0 Å². The van der Waals surface area contributed by atoms with Gasteiger partial charge in [0.15, 0.2) is 5.65 Å². The van der Waals surface area contributed by atoms with Crippen LogP contribution in [0.5, 0.6) is 0 Å². The highest BCUT2D eigenvalue weighted by Gasteiger charge is 2.25. The molecule has 1 aliphatic carbocycles. The van der Waals surface area contributed by atoms with E-state index in [0.29, 0.717) is 10.6 Å². The monoisotopic (exact) mass is 436 g/mol. The van der Waals surface area contributed by atoms with Crippen molar-refractivity contribution in [2.75, 3.05) is 5.32 Å². The molecule has 3 heterocycles. The quantitative estimate of drug-likeness (QED) is 0.488. The molecule has 3 aromatic heterocycles. The summed E-state index contributed by atoms with van der Waals surface area (Å²) in [5.74, 6) is 0.687. The number of pyridine rings is 1. The van der Waals surface area contributed by atoms with Gasteiger partial charge in [0.1, 0.15) is 10.9 Å². The molecule has 5 rings (SSSR count). The zero-order chi connectivity index (χ0) is 19.1. The topological polar surface area (TPSA) is 85.6 Å². The molecule has 0 saturated heterocycles. The number of aromatic nitrogens is 5. The third-order valence-corrected chi connectivity index (χ3v) is 5.80. The predicted molar refractivity (Wildman–Crippen MR) is 110 cm³/mol. The summed E-state index contributed by atoms with van der Waals surface area (Å²) < 4.78 is 2.50. The van der Waals surface area contributed by atoms with Gasteiger partial charge in [-0.2, -0.15) is 10.1 Å². The van der Waals surface area contributed by atoms with Gasteiger partial charge in [-0.25, -0.2) is 9.67 Å². The maximum atomic E-state index is 11.0. The molecule has 0 radical (unpaired) electrons. The fourth-order valence-electron chi connectivity index (χ4n) is 3.77. The summed E-state index contributed by atoms with van der Waals surface area (Å²) in [7, 11) is 0. The van der Waals surface area contributed by atoms with E-state index >= 15 is 0 Å². The highest BCUT2D eigenvalue weighted by Crippen LogP contribution is 2.28.